The molecule has 1 amide bonds. The molecule has 2 rings (SSSR count). The SMILES string of the molecule is CCc1ccc(O[C@H](C)C(=O)Nc2ccc(S(=O)(=O)NC(C)C)cc2)cc1. The van der Waals surface area contributed by atoms with E-state index in [1.807, 2.05) is 24.3 Å². The molecule has 0 spiro atoms. The number of sulfonamides is 1. The van der Waals surface area contributed by atoms with Crippen molar-refractivity contribution in [3.05, 3.63) is 54.1 Å². The summed E-state index contributed by atoms with van der Waals surface area (Å²) in [6, 6.07) is 13.4. The topological polar surface area (TPSA) is 84.5 Å². The van der Waals surface area contributed by atoms with Gasteiger partial charge in [-0.25, -0.2) is 13.1 Å². The number of amides is 1. The zero-order valence-electron chi connectivity index (χ0n) is 16.0. The molecule has 2 aromatic carbocycles. The Morgan fingerprint density at radius 1 is 1.00 bits per heavy atom. The predicted octanol–water partition coefficient (Wildman–Crippen LogP) is 3.34. The summed E-state index contributed by atoms with van der Waals surface area (Å²) in [4.78, 5) is 12.4. The largest absolute Gasteiger partial charge is 0.481 e. The van der Waals surface area contributed by atoms with Gasteiger partial charge in [0.1, 0.15) is 5.75 Å². The van der Waals surface area contributed by atoms with Gasteiger partial charge in [-0.3, -0.25) is 4.79 Å². The average molecular weight is 391 g/mol. The van der Waals surface area contributed by atoms with Crippen LogP contribution in [-0.2, 0) is 21.2 Å². The molecular weight excluding hydrogens is 364 g/mol. The van der Waals surface area contributed by atoms with Crippen LogP contribution in [0.3, 0.4) is 0 Å². The fraction of sp³-hybridized carbons (Fsp3) is 0.350. The first-order valence-corrected chi connectivity index (χ1v) is 10.4. The third-order valence-corrected chi connectivity index (χ3v) is 5.51. The van der Waals surface area contributed by atoms with Crippen molar-refractivity contribution >= 4 is 21.6 Å². The molecule has 0 aliphatic rings. The second-order valence-corrected chi connectivity index (χ2v) is 8.26. The van der Waals surface area contributed by atoms with Crippen LogP contribution >= 0.6 is 0 Å². The van der Waals surface area contributed by atoms with Crippen LogP contribution in [0.5, 0.6) is 5.75 Å². The highest BCUT2D eigenvalue weighted by Crippen LogP contribution is 2.17. The van der Waals surface area contributed by atoms with Crippen molar-refractivity contribution in [1.82, 2.24) is 4.72 Å². The molecule has 2 N–H and O–H groups in total. The highest BCUT2D eigenvalue weighted by atomic mass is 32.2. The van der Waals surface area contributed by atoms with Crippen molar-refractivity contribution in [3.63, 3.8) is 0 Å². The zero-order chi connectivity index (χ0) is 20.0. The first-order chi connectivity index (χ1) is 12.7. The third-order valence-electron chi connectivity index (χ3n) is 3.84. The van der Waals surface area contributed by atoms with Gasteiger partial charge in [0.2, 0.25) is 10.0 Å². The van der Waals surface area contributed by atoms with Crippen molar-refractivity contribution in [1.29, 1.82) is 0 Å². The maximum Gasteiger partial charge on any atom is 0.265 e. The van der Waals surface area contributed by atoms with E-state index in [0.717, 1.165) is 6.42 Å². The minimum absolute atomic E-state index is 0.148. The first-order valence-electron chi connectivity index (χ1n) is 8.90. The third kappa shape index (κ3) is 6.08. The van der Waals surface area contributed by atoms with Crippen LogP contribution in [0.4, 0.5) is 5.69 Å². The molecule has 1 atom stereocenters. The van der Waals surface area contributed by atoms with Gasteiger partial charge in [-0.15, -0.1) is 0 Å². The fourth-order valence-electron chi connectivity index (χ4n) is 2.40. The number of benzene rings is 2. The summed E-state index contributed by atoms with van der Waals surface area (Å²) in [5.74, 6) is 0.307. The van der Waals surface area contributed by atoms with Crippen LogP contribution in [0.1, 0.15) is 33.3 Å². The van der Waals surface area contributed by atoms with Crippen molar-refractivity contribution in [2.24, 2.45) is 0 Å². The van der Waals surface area contributed by atoms with E-state index in [1.165, 1.54) is 17.7 Å². The van der Waals surface area contributed by atoms with Crippen LogP contribution in [-0.4, -0.2) is 26.5 Å². The Hall–Kier alpha value is -2.38. The molecule has 0 radical (unpaired) electrons. The van der Waals surface area contributed by atoms with E-state index in [-0.39, 0.29) is 16.8 Å². The standard InChI is InChI=1S/C20H26N2O4S/c1-5-16-6-10-18(11-7-16)26-15(4)20(23)21-17-8-12-19(13-9-17)27(24,25)22-14(2)3/h6-15,22H,5H2,1-4H3,(H,21,23)/t15-/m1/s1. The van der Waals surface area contributed by atoms with Gasteiger partial charge in [-0.2, -0.15) is 0 Å². The number of anilines is 1. The molecule has 2 aromatic rings. The smallest absolute Gasteiger partial charge is 0.265 e. The fourth-order valence-corrected chi connectivity index (χ4v) is 3.65. The van der Waals surface area contributed by atoms with E-state index in [9.17, 15) is 13.2 Å². The lowest BCUT2D eigenvalue weighted by molar-refractivity contribution is -0.122. The minimum atomic E-state index is -3.56. The van der Waals surface area contributed by atoms with Gasteiger partial charge >= 0.3 is 0 Å². The molecule has 146 valence electrons. The van der Waals surface area contributed by atoms with E-state index in [2.05, 4.69) is 17.0 Å². The van der Waals surface area contributed by atoms with Crippen LogP contribution in [0.15, 0.2) is 53.4 Å². The summed E-state index contributed by atoms with van der Waals surface area (Å²) < 4.78 is 32.4. The van der Waals surface area contributed by atoms with Crippen LogP contribution in [0.2, 0.25) is 0 Å². The Balaban J connectivity index is 1.98. The predicted molar refractivity (Wildman–Crippen MR) is 106 cm³/mol. The molecule has 0 saturated carbocycles. The number of ether oxygens (including phenoxy) is 1. The maximum atomic E-state index is 12.3. The van der Waals surface area contributed by atoms with Crippen molar-refractivity contribution < 1.29 is 17.9 Å². The van der Waals surface area contributed by atoms with Crippen LogP contribution < -0.4 is 14.8 Å². The molecule has 7 heteroatoms. The van der Waals surface area contributed by atoms with Crippen LogP contribution in [0, 0.1) is 0 Å². The summed E-state index contributed by atoms with van der Waals surface area (Å²) in [6.07, 6.45) is 0.248. The quantitative estimate of drug-likeness (QED) is 0.724. The molecule has 0 unspecified atom stereocenters. The maximum absolute atomic E-state index is 12.3. The Morgan fingerprint density at radius 2 is 1.59 bits per heavy atom. The van der Waals surface area contributed by atoms with E-state index < -0.39 is 16.1 Å². The van der Waals surface area contributed by atoms with Gasteiger partial charge in [0.15, 0.2) is 6.10 Å². The van der Waals surface area contributed by atoms with E-state index in [0.29, 0.717) is 11.4 Å². The lowest BCUT2D eigenvalue weighted by Crippen LogP contribution is -2.31. The second kappa shape index (κ2) is 9.01. The summed E-state index contributed by atoms with van der Waals surface area (Å²) in [6.45, 7) is 7.24. The van der Waals surface area contributed by atoms with Gasteiger partial charge in [0.05, 0.1) is 4.90 Å². The van der Waals surface area contributed by atoms with Gasteiger partial charge < -0.3 is 10.1 Å². The summed E-state index contributed by atoms with van der Waals surface area (Å²) in [5.41, 5.74) is 1.70. The molecule has 0 aliphatic heterocycles. The van der Waals surface area contributed by atoms with Gasteiger partial charge in [-0.05, 0) is 69.2 Å². The lowest BCUT2D eigenvalue weighted by Gasteiger charge is -2.15. The summed E-state index contributed by atoms with van der Waals surface area (Å²) >= 11 is 0. The Labute approximate surface area is 161 Å². The second-order valence-electron chi connectivity index (χ2n) is 6.55. The molecule has 0 bridgehead atoms. The number of nitrogens with one attached hydrogen (secondary N) is 2. The molecular formula is C20H26N2O4S. The number of hydrogen-bond acceptors (Lipinski definition) is 4. The van der Waals surface area contributed by atoms with E-state index in [1.54, 1.807) is 32.9 Å². The highest BCUT2D eigenvalue weighted by Gasteiger charge is 2.17. The average Bonchev–Trinajstić information content (AvgIpc) is 2.61. The molecule has 27 heavy (non-hydrogen) atoms. The normalized spacial score (nSPS) is 12.6. The number of aryl methyl sites for hydroxylation is 1. The zero-order valence-corrected chi connectivity index (χ0v) is 16.8. The number of hydrogen-bond donors (Lipinski definition) is 2. The molecule has 0 fully saturated rings. The monoisotopic (exact) mass is 390 g/mol. The van der Waals surface area contributed by atoms with Gasteiger partial charge in [-0.1, -0.05) is 19.1 Å². The van der Waals surface area contributed by atoms with E-state index >= 15 is 0 Å². The molecule has 0 heterocycles. The Bertz CT molecular complexity index is 860. The van der Waals surface area contributed by atoms with Gasteiger partial charge in [0.25, 0.3) is 5.91 Å². The summed E-state index contributed by atoms with van der Waals surface area (Å²) in [7, 11) is -3.56. The Morgan fingerprint density at radius 3 is 2.11 bits per heavy atom. The Kier molecular flexibility index (Phi) is 6.98. The van der Waals surface area contributed by atoms with Crippen LogP contribution in [0.25, 0.3) is 0 Å². The van der Waals surface area contributed by atoms with Crippen molar-refractivity contribution in [3.8, 4) is 5.75 Å². The lowest BCUT2D eigenvalue weighted by atomic mass is 10.2. The molecule has 0 aromatic heterocycles. The molecule has 6 nitrogen and oxygen atoms in total. The minimum Gasteiger partial charge on any atom is -0.481 e. The van der Waals surface area contributed by atoms with Crippen molar-refractivity contribution in [2.75, 3.05) is 5.32 Å². The highest BCUT2D eigenvalue weighted by molar-refractivity contribution is 7.89. The number of carbonyl (C=O) groups is 1. The summed E-state index contributed by atoms with van der Waals surface area (Å²) in [5, 5.41) is 2.72. The first kappa shape index (κ1) is 20.9. The number of carbonyl (C=O) groups excluding carboxylic acids is 1. The van der Waals surface area contributed by atoms with Crippen molar-refractivity contribution in [2.45, 2.75) is 51.2 Å². The van der Waals surface area contributed by atoms with E-state index in [4.69, 9.17) is 4.74 Å². The molecule has 0 saturated heterocycles. The number of rotatable bonds is 8. The molecule has 0 aliphatic carbocycles. The van der Waals surface area contributed by atoms with Gasteiger partial charge in [0, 0.05) is 11.7 Å².